The summed E-state index contributed by atoms with van der Waals surface area (Å²) in [5, 5.41) is 8.79. The maximum Gasteiger partial charge on any atom is 0.415 e. The molecule has 0 atom stereocenters. The first-order valence-electron chi connectivity index (χ1n) is 6.02. The second kappa shape index (κ2) is 6.34. The highest BCUT2D eigenvalue weighted by atomic mass is 16.6. The van der Waals surface area contributed by atoms with E-state index in [1.54, 1.807) is 25.2 Å². The molecule has 0 spiro atoms. The van der Waals surface area contributed by atoms with E-state index in [4.69, 9.17) is 10.00 Å². The molecule has 1 heterocycles. The Kier molecular flexibility index (Phi) is 4.30. The molecule has 0 aliphatic heterocycles. The van der Waals surface area contributed by atoms with E-state index in [1.807, 2.05) is 36.4 Å². The maximum atomic E-state index is 11.9. The number of carbonyl (C=O) groups excluding carboxylic acids is 1. The van der Waals surface area contributed by atoms with Crippen LogP contribution in [0.5, 0.6) is 0 Å². The van der Waals surface area contributed by atoms with Gasteiger partial charge in [-0.1, -0.05) is 36.4 Å². The third-order valence-corrected chi connectivity index (χ3v) is 2.67. The molecule has 0 N–H and O–H groups in total. The van der Waals surface area contributed by atoms with Crippen molar-refractivity contribution in [2.45, 2.75) is 6.61 Å². The van der Waals surface area contributed by atoms with Crippen LogP contribution in [0, 0.1) is 11.3 Å². The number of hydrogen-bond acceptors (Lipinski definition) is 4. The standard InChI is InChI=1S/C15H13N3O2/c1-18(14-9-5-8-13(10-16)17-14)15(19)20-11-12-6-3-2-4-7-12/h2-9H,11H2,1H3. The van der Waals surface area contributed by atoms with Gasteiger partial charge in [0, 0.05) is 7.05 Å². The number of carbonyl (C=O) groups is 1. The van der Waals surface area contributed by atoms with E-state index in [0.29, 0.717) is 5.82 Å². The van der Waals surface area contributed by atoms with Gasteiger partial charge >= 0.3 is 6.09 Å². The van der Waals surface area contributed by atoms with Crippen LogP contribution in [0.15, 0.2) is 48.5 Å². The van der Waals surface area contributed by atoms with Crippen LogP contribution < -0.4 is 4.90 Å². The van der Waals surface area contributed by atoms with Crippen LogP contribution in [0.2, 0.25) is 0 Å². The Morgan fingerprint density at radius 2 is 2.00 bits per heavy atom. The quantitative estimate of drug-likeness (QED) is 0.857. The fourth-order valence-corrected chi connectivity index (χ4v) is 1.58. The van der Waals surface area contributed by atoms with Gasteiger partial charge in [0.25, 0.3) is 0 Å². The fraction of sp³-hybridized carbons (Fsp3) is 0.133. The molecule has 5 heteroatoms. The second-order valence-corrected chi connectivity index (χ2v) is 4.09. The van der Waals surface area contributed by atoms with Crippen molar-refractivity contribution >= 4 is 11.9 Å². The molecular formula is C15H13N3O2. The average Bonchev–Trinajstić information content (AvgIpc) is 2.53. The largest absolute Gasteiger partial charge is 0.444 e. The molecule has 100 valence electrons. The van der Waals surface area contributed by atoms with E-state index < -0.39 is 6.09 Å². The van der Waals surface area contributed by atoms with E-state index in [-0.39, 0.29) is 12.3 Å². The van der Waals surface area contributed by atoms with E-state index in [0.717, 1.165) is 5.56 Å². The summed E-state index contributed by atoms with van der Waals surface area (Å²) >= 11 is 0. The summed E-state index contributed by atoms with van der Waals surface area (Å²) in [6.07, 6.45) is -0.517. The summed E-state index contributed by atoms with van der Waals surface area (Å²) in [6, 6.07) is 16.2. The van der Waals surface area contributed by atoms with Gasteiger partial charge in [-0.25, -0.2) is 9.78 Å². The van der Waals surface area contributed by atoms with Crippen molar-refractivity contribution in [2.75, 3.05) is 11.9 Å². The number of ether oxygens (including phenoxy) is 1. The van der Waals surface area contributed by atoms with Crippen molar-refractivity contribution < 1.29 is 9.53 Å². The molecule has 0 aliphatic carbocycles. The molecule has 5 nitrogen and oxygen atoms in total. The Hall–Kier alpha value is -2.87. The third-order valence-electron chi connectivity index (χ3n) is 2.67. The molecule has 0 fully saturated rings. The summed E-state index contributed by atoms with van der Waals surface area (Å²) in [5.74, 6) is 0.377. The van der Waals surface area contributed by atoms with Gasteiger partial charge in [-0.15, -0.1) is 0 Å². The Bertz CT molecular complexity index is 635. The lowest BCUT2D eigenvalue weighted by Crippen LogP contribution is -2.27. The zero-order chi connectivity index (χ0) is 14.4. The first kappa shape index (κ1) is 13.6. The van der Waals surface area contributed by atoms with Gasteiger partial charge in [0.05, 0.1) is 0 Å². The van der Waals surface area contributed by atoms with E-state index in [1.165, 1.54) is 4.90 Å². The first-order chi connectivity index (χ1) is 9.70. The Balaban J connectivity index is 2.00. The predicted octanol–water partition coefficient (Wildman–Crippen LogP) is 2.73. The number of benzene rings is 1. The topological polar surface area (TPSA) is 66.2 Å². The molecule has 1 amide bonds. The van der Waals surface area contributed by atoms with Gasteiger partial charge in [-0.2, -0.15) is 5.26 Å². The zero-order valence-corrected chi connectivity index (χ0v) is 11.0. The number of amides is 1. The Morgan fingerprint density at radius 3 is 2.70 bits per heavy atom. The minimum atomic E-state index is -0.517. The second-order valence-electron chi connectivity index (χ2n) is 4.09. The fourth-order valence-electron chi connectivity index (χ4n) is 1.58. The highest BCUT2D eigenvalue weighted by Gasteiger charge is 2.13. The van der Waals surface area contributed by atoms with Gasteiger partial charge in [-0.3, -0.25) is 4.90 Å². The van der Waals surface area contributed by atoms with Crippen molar-refractivity contribution in [3.8, 4) is 6.07 Å². The summed E-state index contributed by atoms with van der Waals surface area (Å²) in [6.45, 7) is 0.196. The molecule has 20 heavy (non-hydrogen) atoms. The monoisotopic (exact) mass is 267 g/mol. The zero-order valence-electron chi connectivity index (χ0n) is 11.0. The lowest BCUT2D eigenvalue weighted by Gasteiger charge is -2.16. The van der Waals surface area contributed by atoms with Crippen LogP contribution in [0.25, 0.3) is 0 Å². The summed E-state index contributed by atoms with van der Waals surface area (Å²) in [5.41, 5.74) is 1.16. The predicted molar refractivity (Wildman–Crippen MR) is 74.0 cm³/mol. The minimum Gasteiger partial charge on any atom is -0.444 e. The van der Waals surface area contributed by atoms with E-state index in [2.05, 4.69) is 4.98 Å². The summed E-state index contributed by atoms with van der Waals surface area (Å²) in [7, 11) is 1.55. The van der Waals surface area contributed by atoms with Crippen LogP contribution in [0.4, 0.5) is 10.6 Å². The van der Waals surface area contributed by atoms with Crippen molar-refractivity contribution in [1.29, 1.82) is 5.26 Å². The summed E-state index contributed by atoms with van der Waals surface area (Å²) < 4.78 is 5.18. The molecule has 0 unspecified atom stereocenters. The van der Waals surface area contributed by atoms with E-state index >= 15 is 0 Å². The highest BCUT2D eigenvalue weighted by molar-refractivity contribution is 5.85. The van der Waals surface area contributed by atoms with Crippen molar-refractivity contribution in [3.63, 3.8) is 0 Å². The molecular weight excluding hydrogens is 254 g/mol. The van der Waals surface area contributed by atoms with Crippen LogP contribution in [0.3, 0.4) is 0 Å². The number of anilines is 1. The normalized spacial score (nSPS) is 9.60. The van der Waals surface area contributed by atoms with Gasteiger partial charge in [-0.05, 0) is 17.7 Å². The van der Waals surface area contributed by atoms with Gasteiger partial charge < -0.3 is 4.74 Å². The number of rotatable bonds is 3. The highest BCUT2D eigenvalue weighted by Crippen LogP contribution is 2.11. The maximum absolute atomic E-state index is 11.9. The smallest absolute Gasteiger partial charge is 0.415 e. The number of nitriles is 1. The van der Waals surface area contributed by atoms with Gasteiger partial charge in [0.15, 0.2) is 0 Å². The molecule has 2 aromatic rings. The minimum absolute atomic E-state index is 0.196. The van der Waals surface area contributed by atoms with Gasteiger partial charge in [0.2, 0.25) is 0 Å². The molecule has 0 bridgehead atoms. The number of pyridine rings is 1. The van der Waals surface area contributed by atoms with Crippen LogP contribution >= 0.6 is 0 Å². The molecule has 0 saturated carbocycles. The van der Waals surface area contributed by atoms with Gasteiger partial charge in [0.1, 0.15) is 24.2 Å². The molecule has 0 radical (unpaired) electrons. The number of aromatic nitrogens is 1. The average molecular weight is 267 g/mol. The number of hydrogen-bond donors (Lipinski definition) is 0. The Labute approximate surface area is 117 Å². The molecule has 1 aromatic heterocycles. The molecule has 2 rings (SSSR count). The van der Waals surface area contributed by atoms with Crippen molar-refractivity contribution in [2.24, 2.45) is 0 Å². The van der Waals surface area contributed by atoms with Crippen molar-refractivity contribution in [1.82, 2.24) is 4.98 Å². The summed E-state index contributed by atoms with van der Waals surface area (Å²) in [4.78, 5) is 17.2. The third kappa shape index (κ3) is 3.33. The lowest BCUT2D eigenvalue weighted by molar-refractivity contribution is 0.148. The van der Waals surface area contributed by atoms with Crippen molar-refractivity contribution in [3.05, 3.63) is 59.8 Å². The lowest BCUT2D eigenvalue weighted by atomic mass is 10.2. The molecule has 0 aliphatic rings. The number of nitrogens with zero attached hydrogens (tertiary/aromatic N) is 3. The molecule has 1 aromatic carbocycles. The van der Waals surface area contributed by atoms with Crippen LogP contribution in [-0.4, -0.2) is 18.1 Å². The Morgan fingerprint density at radius 1 is 1.25 bits per heavy atom. The van der Waals surface area contributed by atoms with E-state index in [9.17, 15) is 4.79 Å². The molecule has 0 saturated heterocycles. The van der Waals surface area contributed by atoms with Crippen LogP contribution in [-0.2, 0) is 11.3 Å². The van der Waals surface area contributed by atoms with Crippen LogP contribution in [0.1, 0.15) is 11.3 Å². The SMILES string of the molecule is CN(C(=O)OCc1ccccc1)c1cccc(C#N)n1. The first-order valence-corrected chi connectivity index (χ1v) is 6.02.